The molecule has 1 amide bonds. The molecular weight excluding hydrogens is 438 g/mol. The van der Waals surface area contributed by atoms with E-state index in [-0.39, 0.29) is 28.4 Å². The molecule has 4 aromatic rings. The van der Waals surface area contributed by atoms with Crippen molar-refractivity contribution in [1.29, 1.82) is 0 Å². The molecule has 0 atom stereocenters. The summed E-state index contributed by atoms with van der Waals surface area (Å²) in [7, 11) is -4.29. The van der Waals surface area contributed by atoms with Gasteiger partial charge in [0, 0.05) is 23.9 Å². The monoisotopic (exact) mass is 453 g/mol. The van der Waals surface area contributed by atoms with E-state index in [9.17, 15) is 23.3 Å². The van der Waals surface area contributed by atoms with Gasteiger partial charge in [0.1, 0.15) is 10.6 Å². The Hall–Kier alpha value is -4.32. The van der Waals surface area contributed by atoms with Crippen molar-refractivity contribution in [3.8, 4) is 5.75 Å². The zero-order valence-corrected chi connectivity index (χ0v) is 17.1. The molecule has 0 saturated heterocycles. The highest BCUT2D eigenvalue weighted by Crippen LogP contribution is 2.22. The number of non-ortho nitro benzene ring substituents is 1. The average molecular weight is 453 g/mol. The number of pyridine rings is 1. The van der Waals surface area contributed by atoms with E-state index >= 15 is 0 Å². The van der Waals surface area contributed by atoms with Crippen LogP contribution in [0, 0.1) is 10.1 Å². The normalized spacial score (nSPS) is 11.2. The highest BCUT2D eigenvalue weighted by Gasteiger charge is 2.20. The SMILES string of the molecule is O=C(NCc1nnc2ccccn12)c1ccc(OS(=O)(=O)c2cccc([N+](=O)[O-])c2)cc1. The number of benzene rings is 2. The lowest BCUT2D eigenvalue weighted by molar-refractivity contribution is -0.385. The molecular formula is C20H15N5O6S. The number of fused-ring (bicyclic) bond motifs is 1. The Morgan fingerprint density at radius 3 is 2.59 bits per heavy atom. The first-order valence-electron chi connectivity index (χ1n) is 9.19. The minimum atomic E-state index is -4.29. The van der Waals surface area contributed by atoms with E-state index in [4.69, 9.17) is 4.18 Å². The number of nitrogens with zero attached hydrogens (tertiary/aromatic N) is 4. The highest BCUT2D eigenvalue weighted by atomic mass is 32.2. The van der Waals surface area contributed by atoms with E-state index in [1.165, 1.54) is 42.5 Å². The second kappa shape index (κ2) is 8.43. The van der Waals surface area contributed by atoms with Gasteiger partial charge < -0.3 is 9.50 Å². The predicted molar refractivity (Wildman–Crippen MR) is 112 cm³/mol. The molecule has 11 nitrogen and oxygen atoms in total. The first-order chi connectivity index (χ1) is 15.3. The molecule has 0 aliphatic rings. The minimum Gasteiger partial charge on any atom is -0.379 e. The molecule has 0 aliphatic carbocycles. The molecule has 4 rings (SSSR count). The van der Waals surface area contributed by atoms with Crippen LogP contribution in [0.25, 0.3) is 5.65 Å². The fourth-order valence-corrected chi connectivity index (χ4v) is 3.83. The third-order valence-corrected chi connectivity index (χ3v) is 5.67. The molecule has 0 bridgehead atoms. The standard InChI is InChI=1S/C20H15N5O6S/c26-20(21-13-19-23-22-18-6-1-2-11-24(18)19)14-7-9-16(10-8-14)31-32(29,30)17-5-3-4-15(12-17)25(27)28/h1-12H,13H2,(H,21,26). The number of hydrogen-bond acceptors (Lipinski definition) is 8. The van der Waals surface area contributed by atoms with Crippen molar-refractivity contribution in [2.75, 3.05) is 0 Å². The summed E-state index contributed by atoms with van der Waals surface area (Å²) >= 11 is 0. The number of carbonyl (C=O) groups excluding carboxylic acids is 1. The number of nitro benzene ring substituents is 1. The highest BCUT2D eigenvalue weighted by molar-refractivity contribution is 7.87. The number of aromatic nitrogens is 3. The summed E-state index contributed by atoms with van der Waals surface area (Å²) in [5.74, 6) is 0.110. The maximum Gasteiger partial charge on any atom is 0.339 e. The summed E-state index contributed by atoms with van der Waals surface area (Å²) in [4.78, 5) is 22.2. The number of amides is 1. The van der Waals surface area contributed by atoms with Gasteiger partial charge in [-0.05, 0) is 42.5 Å². The van der Waals surface area contributed by atoms with Crippen molar-refractivity contribution < 1.29 is 22.3 Å². The van der Waals surface area contributed by atoms with Crippen LogP contribution in [-0.2, 0) is 16.7 Å². The predicted octanol–water partition coefficient (Wildman–Crippen LogP) is 2.34. The number of nitrogens with one attached hydrogen (secondary N) is 1. The summed E-state index contributed by atoms with van der Waals surface area (Å²) < 4.78 is 31.6. The molecule has 32 heavy (non-hydrogen) atoms. The van der Waals surface area contributed by atoms with Gasteiger partial charge in [0.15, 0.2) is 11.5 Å². The molecule has 0 fully saturated rings. The van der Waals surface area contributed by atoms with E-state index in [1.807, 2.05) is 12.1 Å². The lowest BCUT2D eigenvalue weighted by atomic mass is 10.2. The minimum absolute atomic E-state index is 0.0449. The van der Waals surface area contributed by atoms with Crippen LogP contribution < -0.4 is 9.50 Å². The number of hydrogen-bond donors (Lipinski definition) is 1. The first kappa shape index (κ1) is 20.9. The summed E-state index contributed by atoms with van der Waals surface area (Å²) in [6.07, 6.45) is 1.78. The quantitative estimate of drug-likeness (QED) is 0.255. The zero-order chi connectivity index (χ0) is 22.7. The maximum absolute atomic E-state index is 12.4. The molecule has 12 heteroatoms. The largest absolute Gasteiger partial charge is 0.379 e. The fourth-order valence-electron chi connectivity index (χ4n) is 2.86. The van der Waals surface area contributed by atoms with Crippen molar-refractivity contribution in [3.05, 3.63) is 94.4 Å². The number of carbonyl (C=O) groups is 1. The van der Waals surface area contributed by atoms with Gasteiger partial charge in [-0.1, -0.05) is 12.1 Å². The van der Waals surface area contributed by atoms with Gasteiger partial charge in [0.25, 0.3) is 11.6 Å². The van der Waals surface area contributed by atoms with E-state index in [0.29, 0.717) is 11.5 Å². The van der Waals surface area contributed by atoms with Crippen LogP contribution in [0.4, 0.5) is 5.69 Å². The molecule has 0 spiro atoms. The van der Waals surface area contributed by atoms with Gasteiger partial charge in [-0.15, -0.1) is 10.2 Å². The topological polar surface area (TPSA) is 146 Å². The van der Waals surface area contributed by atoms with E-state index in [2.05, 4.69) is 15.5 Å². The maximum atomic E-state index is 12.4. The second-order valence-electron chi connectivity index (χ2n) is 6.54. The average Bonchev–Trinajstić information content (AvgIpc) is 3.21. The molecule has 162 valence electrons. The zero-order valence-electron chi connectivity index (χ0n) is 16.3. The summed E-state index contributed by atoms with van der Waals surface area (Å²) in [6, 6.07) is 15.4. The lowest BCUT2D eigenvalue weighted by Crippen LogP contribution is -2.24. The molecule has 1 N–H and O–H groups in total. The fraction of sp³-hybridized carbons (Fsp3) is 0.0500. The molecule has 0 radical (unpaired) electrons. The number of rotatable bonds is 7. The van der Waals surface area contributed by atoms with Crippen LogP contribution in [0.5, 0.6) is 5.75 Å². The van der Waals surface area contributed by atoms with Gasteiger partial charge in [0.05, 0.1) is 11.5 Å². The Morgan fingerprint density at radius 1 is 1.06 bits per heavy atom. The van der Waals surface area contributed by atoms with Gasteiger partial charge in [-0.25, -0.2) is 0 Å². The van der Waals surface area contributed by atoms with E-state index < -0.39 is 20.9 Å². The Kier molecular flexibility index (Phi) is 5.52. The Morgan fingerprint density at radius 2 is 1.84 bits per heavy atom. The van der Waals surface area contributed by atoms with Gasteiger partial charge in [-0.3, -0.25) is 19.3 Å². The Balaban J connectivity index is 1.43. The Bertz CT molecular complexity index is 1420. The van der Waals surface area contributed by atoms with Gasteiger partial charge in [-0.2, -0.15) is 8.42 Å². The van der Waals surface area contributed by atoms with Gasteiger partial charge in [0.2, 0.25) is 0 Å². The van der Waals surface area contributed by atoms with E-state index in [1.54, 1.807) is 16.7 Å². The lowest BCUT2D eigenvalue weighted by Gasteiger charge is -2.08. The van der Waals surface area contributed by atoms with Crippen LogP contribution in [0.15, 0.2) is 77.8 Å². The summed E-state index contributed by atoms with van der Waals surface area (Å²) in [5.41, 5.74) is 0.560. The van der Waals surface area contributed by atoms with Crippen molar-refractivity contribution >= 4 is 27.4 Å². The molecule has 0 aliphatic heterocycles. The summed E-state index contributed by atoms with van der Waals surface area (Å²) in [5, 5.41) is 21.6. The molecule has 0 unspecified atom stereocenters. The van der Waals surface area contributed by atoms with Crippen molar-refractivity contribution in [2.45, 2.75) is 11.4 Å². The third kappa shape index (κ3) is 4.39. The number of nitro groups is 1. The summed E-state index contributed by atoms with van der Waals surface area (Å²) in [6.45, 7) is 0.142. The smallest absolute Gasteiger partial charge is 0.339 e. The molecule has 2 heterocycles. The van der Waals surface area contributed by atoms with Crippen LogP contribution in [-0.4, -0.2) is 33.8 Å². The van der Waals surface area contributed by atoms with Crippen LogP contribution >= 0.6 is 0 Å². The van der Waals surface area contributed by atoms with Crippen LogP contribution in [0.2, 0.25) is 0 Å². The van der Waals surface area contributed by atoms with Gasteiger partial charge >= 0.3 is 10.1 Å². The van der Waals surface area contributed by atoms with E-state index in [0.717, 1.165) is 6.07 Å². The first-order valence-corrected chi connectivity index (χ1v) is 10.6. The van der Waals surface area contributed by atoms with Crippen molar-refractivity contribution in [1.82, 2.24) is 19.9 Å². The Labute approximate surface area is 181 Å². The van der Waals surface area contributed by atoms with Crippen LogP contribution in [0.3, 0.4) is 0 Å². The molecule has 2 aromatic carbocycles. The molecule has 0 saturated carbocycles. The molecule has 2 aromatic heterocycles. The van der Waals surface area contributed by atoms with Crippen molar-refractivity contribution in [2.24, 2.45) is 0 Å². The van der Waals surface area contributed by atoms with Crippen LogP contribution in [0.1, 0.15) is 16.2 Å². The second-order valence-corrected chi connectivity index (χ2v) is 8.09. The third-order valence-electron chi connectivity index (χ3n) is 4.43. The van der Waals surface area contributed by atoms with Crippen molar-refractivity contribution in [3.63, 3.8) is 0 Å².